The van der Waals surface area contributed by atoms with E-state index in [9.17, 15) is 19.8 Å². The van der Waals surface area contributed by atoms with Crippen LogP contribution in [0.4, 0.5) is 4.79 Å². The van der Waals surface area contributed by atoms with Crippen molar-refractivity contribution in [2.24, 2.45) is 22.9 Å². The Morgan fingerprint density at radius 2 is 1.78 bits per heavy atom. The Labute approximate surface area is 299 Å². The lowest BCUT2D eigenvalue weighted by atomic mass is 9.55. The second-order valence-electron chi connectivity index (χ2n) is 13.2. The number of methoxy groups -OCH3 is 2. The van der Waals surface area contributed by atoms with Crippen LogP contribution in [-0.2, 0) is 14.3 Å². The molecule has 12 nitrogen and oxygen atoms in total. The fraction of sp³-hybridized carbons (Fsp3) is 0.513. The van der Waals surface area contributed by atoms with Gasteiger partial charge in [0.15, 0.2) is 6.29 Å². The van der Waals surface area contributed by atoms with Gasteiger partial charge in [0.1, 0.15) is 36.1 Å². The third-order valence-electron chi connectivity index (χ3n) is 10.3. The number of allylic oxidation sites excluding steroid dienone is 1. The molecule has 0 aromatic heterocycles. The minimum Gasteiger partial charge on any atom is -0.496 e. The van der Waals surface area contributed by atoms with Crippen molar-refractivity contribution < 1.29 is 48.3 Å². The zero-order valence-corrected chi connectivity index (χ0v) is 29.9. The fourth-order valence-electron chi connectivity index (χ4n) is 8.18. The summed E-state index contributed by atoms with van der Waals surface area (Å²) in [4.78, 5) is 31.9. The van der Waals surface area contributed by atoms with Crippen LogP contribution in [0, 0.1) is 17.8 Å². The summed E-state index contributed by atoms with van der Waals surface area (Å²) in [6.07, 6.45) is 8.96. The molecule has 1 amide bonds. The molecule has 2 aromatic rings. The van der Waals surface area contributed by atoms with Crippen LogP contribution in [0.5, 0.6) is 23.0 Å². The Morgan fingerprint density at radius 3 is 2.45 bits per heavy atom. The van der Waals surface area contributed by atoms with Crippen LogP contribution in [0.15, 0.2) is 65.9 Å². The van der Waals surface area contributed by atoms with Crippen LogP contribution in [0.1, 0.15) is 66.8 Å². The van der Waals surface area contributed by atoms with E-state index in [0.717, 1.165) is 43.1 Å². The summed E-state index contributed by atoms with van der Waals surface area (Å²) in [5, 5.41) is 24.0. The van der Waals surface area contributed by atoms with Crippen molar-refractivity contribution in [2.45, 2.75) is 62.7 Å². The molecule has 12 heteroatoms. The molecule has 1 aliphatic heterocycles. The number of hydrogen-bond donors (Lipinski definition) is 2. The number of unbranched alkanes of at least 4 members (excludes halogenated alkanes) is 2. The number of oxime groups is 1. The molecule has 2 aromatic carbocycles. The van der Waals surface area contributed by atoms with E-state index >= 15 is 0 Å². The number of rotatable bonds is 17. The summed E-state index contributed by atoms with van der Waals surface area (Å²) in [6.45, 7) is 4.27. The Balaban J connectivity index is 1.73. The van der Waals surface area contributed by atoms with E-state index < -0.39 is 23.8 Å². The molecule has 2 N–H and O–H groups in total. The average molecular weight is 707 g/mol. The molecule has 0 spiro atoms. The molecule has 2 aliphatic carbocycles. The number of aliphatic hydroxyl groups excluding tert-OH is 2. The third-order valence-corrected chi connectivity index (χ3v) is 10.3. The summed E-state index contributed by atoms with van der Waals surface area (Å²) in [5.74, 6) is 0.179. The lowest BCUT2D eigenvalue weighted by molar-refractivity contribution is -0.253. The Bertz CT molecular complexity index is 1610. The van der Waals surface area contributed by atoms with Gasteiger partial charge in [-0.25, -0.2) is 4.79 Å². The highest BCUT2D eigenvalue weighted by Gasteiger charge is 2.65. The molecule has 5 rings (SSSR count). The summed E-state index contributed by atoms with van der Waals surface area (Å²) < 4.78 is 30.7. The number of aldehydes is 1. The van der Waals surface area contributed by atoms with Crippen LogP contribution in [0.2, 0.25) is 0 Å². The van der Waals surface area contributed by atoms with Gasteiger partial charge in [0, 0.05) is 38.2 Å². The molecule has 0 unspecified atom stereocenters. The third kappa shape index (κ3) is 7.63. The number of amides is 1. The lowest BCUT2D eigenvalue weighted by Gasteiger charge is -2.59. The molecule has 1 fully saturated rings. The van der Waals surface area contributed by atoms with E-state index in [2.05, 4.69) is 17.8 Å². The van der Waals surface area contributed by atoms with Gasteiger partial charge in [0.2, 0.25) is 5.79 Å². The van der Waals surface area contributed by atoms with Gasteiger partial charge in [-0.3, -0.25) is 4.79 Å². The zero-order valence-electron chi connectivity index (χ0n) is 29.9. The van der Waals surface area contributed by atoms with Crippen molar-refractivity contribution in [3.63, 3.8) is 0 Å². The predicted octanol–water partition coefficient (Wildman–Crippen LogP) is 6.26. The number of aliphatic hydroxyl groups is 2. The van der Waals surface area contributed by atoms with Crippen LogP contribution in [-0.4, -0.2) is 93.2 Å². The minimum absolute atomic E-state index is 0.0576. The van der Waals surface area contributed by atoms with Gasteiger partial charge >= 0.3 is 6.09 Å². The first kappa shape index (κ1) is 37.9. The summed E-state index contributed by atoms with van der Waals surface area (Å²) >= 11 is 0. The summed E-state index contributed by atoms with van der Waals surface area (Å²) in [7, 11) is 6.02. The molecule has 0 bridgehead atoms. The van der Waals surface area contributed by atoms with E-state index in [-0.39, 0.29) is 44.0 Å². The summed E-state index contributed by atoms with van der Waals surface area (Å²) in [6, 6.07) is 10.1. The monoisotopic (exact) mass is 706 g/mol. The van der Waals surface area contributed by atoms with Gasteiger partial charge in [-0.2, -0.15) is 0 Å². The predicted molar refractivity (Wildman–Crippen MR) is 191 cm³/mol. The smallest absolute Gasteiger partial charge is 0.409 e. The highest BCUT2D eigenvalue weighted by molar-refractivity contribution is 6.02. The molecule has 6 atom stereocenters. The SMILES string of the molecule is C=CCO[C@@]12Oc3ccc(Oc4ccc(OC)c(C=O)c4)cc3[C@H]3[C@H](CCCCO)[C@@H](CCCCO)C=C(C(=NOC)C[C@@H]1N(C)C(=O)OC)[C@H]32. The first-order valence-corrected chi connectivity index (χ1v) is 17.5. The number of carbonyl (C=O) groups is 2. The first-order valence-electron chi connectivity index (χ1n) is 17.5. The Morgan fingerprint density at radius 1 is 1.06 bits per heavy atom. The van der Waals surface area contributed by atoms with Crippen molar-refractivity contribution >= 4 is 18.1 Å². The number of fused-ring (bicyclic) bond motifs is 2. The minimum atomic E-state index is -1.37. The van der Waals surface area contributed by atoms with E-state index in [0.29, 0.717) is 47.1 Å². The van der Waals surface area contributed by atoms with Crippen molar-refractivity contribution in [1.82, 2.24) is 4.90 Å². The molecular weight excluding hydrogens is 656 g/mol. The number of likely N-dealkylation sites (N-methyl/N-ethyl adjacent to an activating group) is 1. The molecule has 0 radical (unpaired) electrons. The van der Waals surface area contributed by atoms with Crippen molar-refractivity contribution in [3.05, 3.63) is 71.8 Å². The van der Waals surface area contributed by atoms with Gasteiger partial charge < -0.3 is 43.6 Å². The van der Waals surface area contributed by atoms with Gasteiger partial charge in [-0.1, -0.05) is 30.1 Å². The topological polar surface area (TPSA) is 146 Å². The van der Waals surface area contributed by atoms with Gasteiger partial charge in [-0.05, 0) is 79.5 Å². The highest BCUT2D eigenvalue weighted by atomic mass is 16.7. The van der Waals surface area contributed by atoms with E-state index in [1.807, 2.05) is 18.2 Å². The number of nitrogens with zero attached hydrogens (tertiary/aromatic N) is 2. The maximum absolute atomic E-state index is 13.2. The maximum Gasteiger partial charge on any atom is 0.409 e. The number of carbonyl (C=O) groups excluding carboxylic acids is 2. The van der Waals surface area contributed by atoms with Crippen LogP contribution < -0.4 is 14.2 Å². The number of hydrogen-bond acceptors (Lipinski definition) is 11. The Kier molecular flexibility index (Phi) is 12.8. The van der Waals surface area contributed by atoms with E-state index in [1.165, 1.54) is 26.2 Å². The molecule has 1 heterocycles. The molecule has 276 valence electrons. The maximum atomic E-state index is 13.2. The normalized spacial score (nSPS) is 25.4. The summed E-state index contributed by atoms with van der Waals surface area (Å²) in [5.41, 5.74) is 2.89. The molecule has 51 heavy (non-hydrogen) atoms. The zero-order chi connectivity index (χ0) is 36.5. The standard InChI is InChI=1S/C39H50N2O10/c1-6-19-49-39-35(41(2)38(45)47-4)23-32(40-48-5)30-21-25(11-7-9-17-42)29(12-8-10-18-43)36(37(30)39)31-22-28(14-16-34(31)51-39)50-27-13-15-33(46-3)26(20-27)24-44/h6,13-16,20-22,24-25,29,35-37,42-43H,1,7-12,17-19,23H2,2-5H3/t25-,29+,35-,36+,37+,39+/m0/s1. The Hall–Kier alpha value is -4.39. The highest BCUT2D eigenvalue weighted by Crippen LogP contribution is 2.62. The average Bonchev–Trinajstić information content (AvgIpc) is 3.15. The number of benzene rings is 2. The second kappa shape index (κ2) is 17.2. The van der Waals surface area contributed by atoms with Gasteiger partial charge in [0.05, 0.1) is 38.0 Å². The van der Waals surface area contributed by atoms with E-state index in [1.54, 1.807) is 31.3 Å². The van der Waals surface area contributed by atoms with Crippen molar-refractivity contribution in [2.75, 3.05) is 48.2 Å². The van der Waals surface area contributed by atoms with Gasteiger partial charge in [-0.15, -0.1) is 6.58 Å². The van der Waals surface area contributed by atoms with Gasteiger partial charge in [0.25, 0.3) is 0 Å². The second-order valence-corrected chi connectivity index (χ2v) is 13.2. The number of ether oxygens (including phenoxy) is 5. The van der Waals surface area contributed by atoms with Crippen LogP contribution >= 0.6 is 0 Å². The fourth-order valence-corrected chi connectivity index (χ4v) is 8.18. The molecular formula is C39H50N2O10. The van der Waals surface area contributed by atoms with Crippen LogP contribution in [0.3, 0.4) is 0 Å². The lowest BCUT2D eigenvalue weighted by Crippen LogP contribution is -2.69. The first-order chi connectivity index (χ1) is 24.8. The quantitative estimate of drug-likeness (QED) is 0.0837. The molecule has 1 saturated carbocycles. The van der Waals surface area contributed by atoms with Crippen LogP contribution in [0.25, 0.3) is 0 Å². The largest absolute Gasteiger partial charge is 0.496 e. The van der Waals surface area contributed by atoms with E-state index in [4.69, 9.17) is 28.5 Å². The van der Waals surface area contributed by atoms with Crippen molar-refractivity contribution in [3.8, 4) is 23.0 Å². The molecule has 0 saturated heterocycles. The van der Waals surface area contributed by atoms with Crippen molar-refractivity contribution in [1.29, 1.82) is 0 Å². The molecule has 3 aliphatic rings.